The Kier molecular flexibility index (Phi) is 3.98. The molecular weight excluding hydrogens is 213 g/mol. The van der Waals surface area contributed by atoms with Gasteiger partial charge in [0.25, 0.3) is 0 Å². The van der Waals surface area contributed by atoms with E-state index in [1.165, 1.54) is 10.8 Å². The average molecular weight is 228 g/mol. The van der Waals surface area contributed by atoms with Crippen molar-refractivity contribution in [1.82, 2.24) is 0 Å². The van der Waals surface area contributed by atoms with Crippen LogP contribution in [0.25, 0.3) is 0 Å². The molecule has 0 aliphatic rings. The van der Waals surface area contributed by atoms with Crippen LogP contribution in [0.15, 0.2) is 0 Å². The Morgan fingerprint density at radius 1 is 1.50 bits per heavy atom. The van der Waals surface area contributed by atoms with Crippen LogP contribution in [0, 0.1) is 0 Å². The van der Waals surface area contributed by atoms with E-state index in [0.29, 0.717) is 21.2 Å². The predicted octanol–water partition coefficient (Wildman–Crippen LogP) is -2.17. The number of alkyl halides is 2. The van der Waals surface area contributed by atoms with Gasteiger partial charge in [-0.3, -0.25) is 0 Å². The van der Waals surface area contributed by atoms with Gasteiger partial charge in [-0.25, -0.2) is 0 Å². The molecule has 0 saturated heterocycles. The molecule has 0 heterocycles. The Bertz CT molecular complexity index is 56.0. The van der Waals surface area contributed by atoms with Crippen LogP contribution in [0.2, 0.25) is 0 Å². The first-order chi connectivity index (χ1) is 3.56. The molecule has 0 bridgehead atoms. The van der Waals surface area contributed by atoms with Crippen LogP contribution in [-0.2, 0) is 0 Å². The van der Waals surface area contributed by atoms with Crippen molar-refractivity contribution in [3.8, 4) is 0 Å². The summed E-state index contributed by atoms with van der Waals surface area (Å²) >= 11 is 0.461. The summed E-state index contributed by atoms with van der Waals surface area (Å²) < 4.78 is 1.36. The molecule has 0 spiro atoms. The van der Waals surface area contributed by atoms with E-state index in [0.717, 1.165) is 0 Å². The Labute approximate surface area is 62.3 Å². The number of nitrogens with two attached hydrogens (primary N) is 1. The van der Waals surface area contributed by atoms with E-state index in [4.69, 9.17) is 5.73 Å². The predicted molar refractivity (Wildman–Crippen MR) is 33.7 cm³/mol. The fraction of sp³-hybridized carbons (Fsp3) is 1.00. The van der Waals surface area contributed by atoms with E-state index in [1.54, 1.807) is 0 Å². The van der Waals surface area contributed by atoms with E-state index < -0.39 is 0 Å². The zero-order chi connectivity index (χ0) is 6.62. The molecule has 2 heteroatoms. The quantitative estimate of drug-likeness (QED) is 0.432. The number of rotatable bonds is 3. The molecule has 0 radical (unpaired) electrons. The van der Waals surface area contributed by atoms with Crippen molar-refractivity contribution in [2.45, 2.75) is 25.8 Å². The second kappa shape index (κ2) is 3.67. The van der Waals surface area contributed by atoms with Crippen molar-refractivity contribution in [1.29, 1.82) is 0 Å². The molecule has 0 aromatic heterocycles. The third kappa shape index (κ3) is 6.69. The third-order valence-electron chi connectivity index (χ3n) is 0.928. The Hall–Kier alpha value is 0.690. The van der Waals surface area contributed by atoms with Gasteiger partial charge in [-0.05, 0) is 0 Å². The van der Waals surface area contributed by atoms with E-state index in [2.05, 4.69) is 18.8 Å². The second-order valence-corrected chi connectivity index (χ2v) is 5.30. The van der Waals surface area contributed by atoms with E-state index >= 15 is 0 Å². The van der Waals surface area contributed by atoms with Crippen LogP contribution in [0.1, 0.15) is 20.3 Å². The third-order valence-corrected chi connectivity index (χ3v) is 2.55. The van der Waals surface area contributed by atoms with Gasteiger partial charge in [-0.2, -0.15) is 0 Å². The van der Waals surface area contributed by atoms with E-state index in [-0.39, 0.29) is 5.54 Å². The molecule has 0 aliphatic carbocycles. The van der Waals surface area contributed by atoms with Crippen LogP contribution in [0.4, 0.5) is 0 Å². The summed E-state index contributed by atoms with van der Waals surface area (Å²) in [5.41, 5.74) is 5.82. The van der Waals surface area contributed by atoms with Gasteiger partial charge in [0, 0.05) is 0 Å². The number of hydrogen-bond acceptors (Lipinski definition) is 1. The zero-order valence-electron chi connectivity index (χ0n) is 5.87. The topological polar surface area (TPSA) is 26.0 Å². The van der Waals surface area contributed by atoms with Gasteiger partial charge in [-0.1, -0.05) is 0 Å². The molecule has 0 aromatic carbocycles. The molecule has 2 N–H and O–H groups in total. The van der Waals surface area contributed by atoms with E-state index in [9.17, 15) is 0 Å². The maximum absolute atomic E-state index is 5.74. The first-order valence-electron chi connectivity index (χ1n) is 2.79. The molecule has 0 aliphatic heterocycles. The van der Waals surface area contributed by atoms with Crippen LogP contribution in [0.3, 0.4) is 0 Å². The summed E-state index contributed by atoms with van der Waals surface area (Å²) in [5, 5.41) is 0. The van der Waals surface area contributed by atoms with Gasteiger partial charge in [0.15, 0.2) is 0 Å². The van der Waals surface area contributed by atoms with Crippen molar-refractivity contribution in [3.63, 3.8) is 0 Å². The van der Waals surface area contributed by atoms with Crippen LogP contribution in [0.5, 0.6) is 0 Å². The van der Waals surface area contributed by atoms with Gasteiger partial charge in [0.2, 0.25) is 0 Å². The Morgan fingerprint density at radius 2 is 2.00 bits per heavy atom. The SMILES string of the molecule is C[I-]CCC(C)(C)N. The summed E-state index contributed by atoms with van der Waals surface area (Å²) in [5.74, 6) is 0. The van der Waals surface area contributed by atoms with Crippen molar-refractivity contribution in [2.24, 2.45) is 5.73 Å². The fourth-order valence-corrected chi connectivity index (χ4v) is 2.27. The summed E-state index contributed by atoms with van der Waals surface area (Å²) in [6.07, 6.45) is 1.19. The molecule has 0 amide bonds. The molecule has 1 nitrogen and oxygen atoms in total. The molecule has 0 aromatic rings. The van der Waals surface area contributed by atoms with Crippen LogP contribution in [-0.4, -0.2) is 14.9 Å². The molecule has 0 unspecified atom stereocenters. The Morgan fingerprint density at radius 3 is 2.12 bits per heavy atom. The average Bonchev–Trinajstić information content (AvgIpc) is 1.59. The zero-order valence-corrected chi connectivity index (χ0v) is 8.03. The van der Waals surface area contributed by atoms with E-state index in [1.807, 2.05) is 0 Å². The molecule has 0 atom stereocenters. The molecule has 52 valence electrons. The molecule has 0 saturated carbocycles. The normalized spacial score (nSPS) is 12.5. The number of hydrogen-bond donors (Lipinski definition) is 1. The molecule has 8 heavy (non-hydrogen) atoms. The minimum absolute atomic E-state index is 0.0791. The van der Waals surface area contributed by atoms with Crippen molar-refractivity contribution >= 4 is 0 Å². The molecule has 0 rings (SSSR count). The summed E-state index contributed by atoms with van der Waals surface area (Å²) in [4.78, 5) is 2.30. The number of halogens is 1. The minimum atomic E-state index is 0.0791. The van der Waals surface area contributed by atoms with Crippen molar-refractivity contribution in [2.75, 3.05) is 9.36 Å². The second-order valence-electron chi connectivity index (χ2n) is 2.69. The van der Waals surface area contributed by atoms with Crippen LogP contribution < -0.4 is 26.9 Å². The molecular formula is C6H15IN-. The first-order valence-corrected chi connectivity index (χ1v) is 6.47. The van der Waals surface area contributed by atoms with Crippen molar-refractivity contribution in [3.05, 3.63) is 0 Å². The summed E-state index contributed by atoms with van der Waals surface area (Å²) in [7, 11) is 0. The van der Waals surface area contributed by atoms with Gasteiger partial charge in [0.1, 0.15) is 0 Å². The molecule has 0 fully saturated rings. The maximum atomic E-state index is 5.74. The Balaban J connectivity index is 3.11. The standard InChI is InChI=1S/C6H15IN/c1-6(2,8)4-5-7-3/h4-5,8H2,1-3H3/q-1. The monoisotopic (exact) mass is 228 g/mol. The summed E-state index contributed by atoms with van der Waals surface area (Å²) in [6.45, 7) is 4.18. The fourth-order valence-electron chi connectivity index (χ4n) is 0.338. The van der Waals surface area contributed by atoms with Gasteiger partial charge < -0.3 is 0 Å². The summed E-state index contributed by atoms with van der Waals surface area (Å²) in [6, 6.07) is 0. The van der Waals surface area contributed by atoms with Gasteiger partial charge in [0.05, 0.1) is 0 Å². The van der Waals surface area contributed by atoms with Crippen molar-refractivity contribution < 1.29 is 21.2 Å². The first kappa shape index (κ1) is 8.69. The van der Waals surface area contributed by atoms with Gasteiger partial charge >= 0.3 is 62.1 Å². The van der Waals surface area contributed by atoms with Crippen LogP contribution >= 0.6 is 0 Å². The van der Waals surface area contributed by atoms with Gasteiger partial charge in [-0.15, -0.1) is 0 Å².